The fraction of sp³-hybridized carbons (Fsp3) is 0.375. The van der Waals surface area contributed by atoms with Crippen LogP contribution in [-0.4, -0.2) is 39.7 Å². The molecule has 13 heteroatoms. The SMILES string of the molecule is COc1cc(OCc2csc(C3(F)CCC(F)(F)CC3)n2)c2cc(-c3cn4nc(OC)sc4n3)oc2c1. The molecule has 6 rings (SSSR count). The van der Waals surface area contributed by atoms with E-state index in [4.69, 9.17) is 18.6 Å². The number of imidazole rings is 1. The molecule has 1 fully saturated rings. The molecule has 5 aromatic rings. The maximum atomic E-state index is 15.3. The molecule has 1 aromatic carbocycles. The van der Waals surface area contributed by atoms with Gasteiger partial charge in [0.05, 0.1) is 31.5 Å². The summed E-state index contributed by atoms with van der Waals surface area (Å²) in [6.07, 6.45) is 0.316. The number of aromatic nitrogens is 4. The molecule has 8 nitrogen and oxygen atoms in total. The highest BCUT2D eigenvalue weighted by molar-refractivity contribution is 7.18. The van der Waals surface area contributed by atoms with Crippen LogP contribution in [0.2, 0.25) is 0 Å². The summed E-state index contributed by atoms with van der Waals surface area (Å²) in [5.41, 5.74) is -0.178. The van der Waals surface area contributed by atoms with Crippen LogP contribution in [0.15, 0.2) is 34.2 Å². The van der Waals surface area contributed by atoms with Gasteiger partial charge in [-0.2, -0.15) is 0 Å². The molecule has 0 unspecified atom stereocenters. The van der Waals surface area contributed by atoms with Crippen molar-refractivity contribution in [2.75, 3.05) is 14.2 Å². The molecule has 1 saturated carbocycles. The van der Waals surface area contributed by atoms with Gasteiger partial charge in [-0.15, -0.1) is 16.4 Å². The summed E-state index contributed by atoms with van der Waals surface area (Å²) in [5, 5.41) is 7.39. The molecular weight excluding hydrogens is 529 g/mol. The average Bonchev–Trinajstić information content (AvgIpc) is 3.66. The Kier molecular flexibility index (Phi) is 5.79. The number of halogens is 3. The summed E-state index contributed by atoms with van der Waals surface area (Å²) < 4.78 is 66.6. The third-order valence-electron chi connectivity index (χ3n) is 6.35. The Hall–Kier alpha value is -3.32. The van der Waals surface area contributed by atoms with Gasteiger partial charge < -0.3 is 18.6 Å². The minimum Gasteiger partial charge on any atom is -0.496 e. The number of alkyl halides is 3. The molecular formula is C24H21F3N4O4S2. The lowest BCUT2D eigenvalue weighted by molar-refractivity contribution is -0.0775. The highest BCUT2D eigenvalue weighted by atomic mass is 32.1. The van der Waals surface area contributed by atoms with Crippen molar-refractivity contribution >= 4 is 38.6 Å². The molecule has 0 N–H and O–H groups in total. The second kappa shape index (κ2) is 8.91. The average molecular weight is 551 g/mol. The number of nitrogens with zero attached hydrogens (tertiary/aromatic N) is 4. The van der Waals surface area contributed by atoms with E-state index in [0.29, 0.717) is 49.8 Å². The predicted molar refractivity (Wildman–Crippen MR) is 132 cm³/mol. The monoisotopic (exact) mass is 550 g/mol. The van der Waals surface area contributed by atoms with Gasteiger partial charge >= 0.3 is 0 Å². The lowest BCUT2D eigenvalue weighted by Crippen LogP contribution is -2.33. The molecule has 0 radical (unpaired) electrons. The Morgan fingerprint density at radius 2 is 1.86 bits per heavy atom. The fourth-order valence-electron chi connectivity index (χ4n) is 4.29. The van der Waals surface area contributed by atoms with Crippen molar-refractivity contribution in [1.29, 1.82) is 0 Å². The summed E-state index contributed by atoms with van der Waals surface area (Å²) >= 11 is 2.44. The van der Waals surface area contributed by atoms with Crippen LogP contribution < -0.4 is 14.2 Å². The number of thiazole rings is 1. The number of methoxy groups -OCH3 is 2. The van der Waals surface area contributed by atoms with Crippen LogP contribution in [0.4, 0.5) is 13.2 Å². The van der Waals surface area contributed by atoms with Gasteiger partial charge in [-0.3, -0.25) is 0 Å². The summed E-state index contributed by atoms with van der Waals surface area (Å²) in [7, 11) is 3.09. The van der Waals surface area contributed by atoms with Crippen molar-refractivity contribution in [3.8, 4) is 28.1 Å². The number of hydrogen-bond donors (Lipinski definition) is 0. The normalized spacial score (nSPS) is 16.9. The number of furan rings is 1. The first-order valence-corrected chi connectivity index (χ1v) is 13.1. The van der Waals surface area contributed by atoms with E-state index < -0.39 is 24.4 Å². The van der Waals surface area contributed by atoms with E-state index in [1.165, 1.54) is 11.3 Å². The largest absolute Gasteiger partial charge is 0.496 e. The zero-order valence-electron chi connectivity index (χ0n) is 19.8. The van der Waals surface area contributed by atoms with E-state index in [0.717, 1.165) is 11.3 Å². The summed E-state index contributed by atoms with van der Waals surface area (Å²) in [6.45, 7) is 0.0649. The molecule has 1 aliphatic carbocycles. The quantitative estimate of drug-likeness (QED) is 0.225. The highest BCUT2D eigenvalue weighted by Gasteiger charge is 2.46. The third-order valence-corrected chi connectivity index (χ3v) is 8.30. The van der Waals surface area contributed by atoms with Crippen molar-refractivity contribution < 1.29 is 31.8 Å². The first kappa shape index (κ1) is 24.0. The van der Waals surface area contributed by atoms with Gasteiger partial charge in [0.15, 0.2) is 11.4 Å². The number of benzene rings is 1. The van der Waals surface area contributed by atoms with Gasteiger partial charge in [-0.1, -0.05) is 0 Å². The zero-order valence-corrected chi connectivity index (χ0v) is 21.4. The van der Waals surface area contributed by atoms with Crippen LogP contribution in [-0.2, 0) is 12.3 Å². The summed E-state index contributed by atoms with van der Waals surface area (Å²) in [5.74, 6) is -1.26. The van der Waals surface area contributed by atoms with E-state index in [1.54, 1.807) is 42.4 Å². The van der Waals surface area contributed by atoms with Crippen molar-refractivity contribution in [3.05, 3.63) is 40.5 Å². The van der Waals surface area contributed by atoms with Crippen molar-refractivity contribution in [2.24, 2.45) is 0 Å². The minimum absolute atomic E-state index is 0.0649. The molecule has 37 heavy (non-hydrogen) atoms. The Balaban J connectivity index is 1.24. The summed E-state index contributed by atoms with van der Waals surface area (Å²) in [6, 6.07) is 5.30. The molecule has 0 amide bonds. The number of hydrogen-bond acceptors (Lipinski definition) is 9. The molecule has 0 saturated heterocycles. The van der Waals surface area contributed by atoms with Crippen LogP contribution in [0.3, 0.4) is 0 Å². The van der Waals surface area contributed by atoms with Crippen LogP contribution >= 0.6 is 22.7 Å². The maximum Gasteiger partial charge on any atom is 0.294 e. The Labute approximate surface area is 216 Å². The molecule has 1 aliphatic rings. The first-order chi connectivity index (χ1) is 17.7. The fourth-order valence-corrected chi connectivity index (χ4v) is 5.94. The van der Waals surface area contributed by atoms with Crippen LogP contribution in [0.1, 0.15) is 36.4 Å². The van der Waals surface area contributed by atoms with Crippen molar-refractivity contribution in [1.82, 2.24) is 19.6 Å². The van der Waals surface area contributed by atoms with Gasteiger partial charge in [0.1, 0.15) is 34.4 Å². The first-order valence-electron chi connectivity index (χ1n) is 11.4. The Morgan fingerprint density at radius 1 is 1.05 bits per heavy atom. The van der Waals surface area contributed by atoms with E-state index in [9.17, 15) is 8.78 Å². The van der Waals surface area contributed by atoms with Gasteiger partial charge in [0, 0.05) is 30.4 Å². The van der Waals surface area contributed by atoms with Gasteiger partial charge in [-0.25, -0.2) is 27.7 Å². The van der Waals surface area contributed by atoms with E-state index in [1.807, 2.05) is 6.07 Å². The maximum absolute atomic E-state index is 15.3. The van der Waals surface area contributed by atoms with Gasteiger partial charge in [0.25, 0.3) is 5.19 Å². The molecule has 0 aliphatic heterocycles. The van der Waals surface area contributed by atoms with Crippen molar-refractivity contribution in [3.63, 3.8) is 0 Å². The zero-order chi connectivity index (χ0) is 25.8. The topological polar surface area (TPSA) is 83.9 Å². The van der Waals surface area contributed by atoms with Crippen molar-refractivity contribution in [2.45, 2.75) is 43.9 Å². The number of ether oxygens (including phenoxy) is 3. The van der Waals surface area contributed by atoms with Crippen LogP contribution in [0.5, 0.6) is 16.7 Å². The van der Waals surface area contributed by atoms with Gasteiger partial charge in [0.2, 0.25) is 10.9 Å². The third kappa shape index (κ3) is 4.50. The van der Waals surface area contributed by atoms with Gasteiger partial charge in [-0.05, 0) is 30.2 Å². The number of rotatable bonds is 7. The smallest absolute Gasteiger partial charge is 0.294 e. The van der Waals surface area contributed by atoms with Crippen LogP contribution in [0.25, 0.3) is 27.4 Å². The molecule has 4 aromatic heterocycles. The molecule has 4 heterocycles. The Morgan fingerprint density at radius 3 is 2.59 bits per heavy atom. The summed E-state index contributed by atoms with van der Waals surface area (Å²) in [4.78, 5) is 9.58. The van der Waals surface area contributed by atoms with E-state index in [2.05, 4.69) is 15.1 Å². The number of fused-ring (bicyclic) bond motifs is 2. The molecule has 0 atom stereocenters. The second-order valence-electron chi connectivity index (χ2n) is 8.83. The molecule has 0 spiro atoms. The van der Waals surface area contributed by atoms with Crippen LogP contribution in [0, 0.1) is 0 Å². The molecule has 0 bridgehead atoms. The lowest BCUT2D eigenvalue weighted by atomic mass is 9.84. The minimum atomic E-state index is -2.81. The predicted octanol–water partition coefficient (Wildman–Crippen LogP) is 6.63. The lowest BCUT2D eigenvalue weighted by Gasteiger charge is -2.32. The van der Waals surface area contributed by atoms with E-state index >= 15 is 4.39 Å². The highest BCUT2D eigenvalue weighted by Crippen LogP contribution is 2.47. The van der Waals surface area contributed by atoms with E-state index in [-0.39, 0.29) is 24.5 Å². The molecule has 194 valence electrons. The Bertz CT molecular complexity index is 1550. The standard InChI is InChI=1S/C24H21F3N4O4S2/c1-32-14-7-17(34-11-13-12-36-20(28-13)23(25)3-5-24(26,27)6-4-23)15-9-19(35-18(15)8-14)16-10-31-21(29-16)37-22(30-31)33-2/h7-10,12H,3-6,11H2,1-2H3. The second-order valence-corrected chi connectivity index (χ2v) is 10.6.